The second-order valence-corrected chi connectivity index (χ2v) is 17.9. The Morgan fingerprint density at radius 2 is 0.657 bits per heavy atom. The van der Waals surface area contributed by atoms with Crippen molar-refractivity contribution < 1.29 is 95.2 Å². The lowest BCUT2D eigenvalue weighted by atomic mass is 9.98. The second kappa shape index (κ2) is 23.6. The molecule has 2 aliphatic rings. The molecule has 22 heteroatoms. The average molecular weight is 1010 g/mol. The third-order valence-corrected chi connectivity index (χ3v) is 12.6. The summed E-state index contributed by atoms with van der Waals surface area (Å²) in [5.74, 6) is -5.23. The summed E-state index contributed by atoms with van der Waals surface area (Å²) < 4.78 is 67.6. The number of rotatable bonds is 17. The lowest BCUT2D eigenvalue weighted by Gasteiger charge is -2.43. The van der Waals surface area contributed by atoms with E-state index in [0.717, 1.165) is 72.2 Å². The van der Waals surface area contributed by atoms with E-state index < -0.39 is 122 Å². The summed E-state index contributed by atoms with van der Waals surface area (Å²) in [6.45, 7) is 8.40. The van der Waals surface area contributed by atoms with E-state index in [9.17, 15) is 38.4 Å². The molecule has 374 valence electrons. The van der Waals surface area contributed by atoms with Gasteiger partial charge in [-0.3, -0.25) is 38.4 Å². The van der Waals surface area contributed by atoms with Gasteiger partial charge in [0, 0.05) is 74.9 Å². The van der Waals surface area contributed by atoms with Gasteiger partial charge in [-0.05, 0) is 83.9 Å². The molecule has 0 spiro atoms. The van der Waals surface area contributed by atoms with Crippen molar-refractivity contribution in [3.63, 3.8) is 0 Å². The highest BCUT2D eigenvalue weighted by Gasteiger charge is 2.55. The molecular formula is C48H50O20S2. The van der Waals surface area contributed by atoms with Gasteiger partial charge in [0.15, 0.2) is 24.4 Å². The minimum absolute atomic E-state index is 0.291. The maximum atomic E-state index is 12.3. The molecule has 0 saturated carbocycles. The first-order valence-corrected chi connectivity index (χ1v) is 23.2. The van der Waals surface area contributed by atoms with Crippen LogP contribution in [0.25, 0.3) is 30.6 Å². The zero-order valence-electron chi connectivity index (χ0n) is 39.1. The van der Waals surface area contributed by atoms with Crippen molar-refractivity contribution in [1.29, 1.82) is 0 Å². The van der Waals surface area contributed by atoms with E-state index in [2.05, 4.69) is 0 Å². The van der Waals surface area contributed by atoms with Crippen LogP contribution in [-0.2, 0) is 85.7 Å². The Balaban J connectivity index is 1.16. The monoisotopic (exact) mass is 1010 g/mol. The first-order chi connectivity index (χ1) is 33.2. The molecule has 0 N–H and O–H groups in total. The Kier molecular flexibility index (Phi) is 17.7. The SMILES string of the molecule is CC(=O)OC[C@H]1O[C@@H](Oc2ccc(-c3ccc(-c4ccc(-c5ccc(O[C@@H]6O[C@H](COC(C)=O)[C@@H](OC(C)=O)[C@H](OC(C)=O)[C@H]6OC(C)=O)cc5)s4)s3)cc2)[C@H](OC(C)=O)[C@@H](OC(C)=O)[C@@H]1OC(C)=O. The van der Waals surface area contributed by atoms with Gasteiger partial charge in [-0.2, -0.15) is 0 Å². The van der Waals surface area contributed by atoms with Crippen LogP contribution in [-0.4, -0.2) is 122 Å². The fourth-order valence-corrected chi connectivity index (χ4v) is 9.60. The zero-order chi connectivity index (χ0) is 50.8. The van der Waals surface area contributed by atoms with Gasteiger partial charge >= 0.3 is 47.8 Å². The maximum Gasteiger partial charge on any atom is 0.303 e. The zero-order valence-corrected chi connectivity index (χ0v) is 40.7. The molecule has 2 saturated heterocycles. The Hall–Kier alpha value is -6.88. The van der Waals surface area contributed by atoms with Gasteiger partial charge in [-0.15, -0.1) is 22.7 Å². The Morgan fingerprint density at radius 1 is 0.371 bits per heavy atom. The van der Waals surface area contributed by atoms with Crippen molar-refractivity contribution >= 4 is 70.4 Å². The largest absolute Gasteiger partial charge is 0.463 e. The van der Waals surface area contributed by atoms with E-state index in [1.165, 1.54) is 13.8 Å². The molecule has 0 radical (unpaired) electrons. The van der Waals surface area contributed by atoms with Crippen LogP contribution in [0.1, 0.15) is 55.4 Å². The Bertz CT molecular complexity index is 2360. The van der Waals surface area contributed by atoms with Crippen molar-refractivity contribution in [2.24, 2.45) is 0 Å². The van der Waals surface area contributed by atoms with E-state index in [-0.39, 0.29) is 0 Å². The minimum Gasteiger partial charge on any atom is -0.463 e. The third kappa shape index (κ3) is 14.1. The smallest absolute Gasteiger partial charge is 0.303 e. The first-order valence-electron chi connectivity index (χ1n) is 21.6. The molecule has 20 nitrogen and oxygen atoms in total. The van der Waals surface area contributed by atoms with Gasteiger partial charge in [0.2, 0.25) is 24.8 Å². The van der Waals surface area contributed by atoms with Crippen LogP contribution < -0.4 is 9.47 Å². The van der Waals surface area contributed by atoms with Gasteiger partial charge in [0.05, 0.1) is 0 Å². The summed E-state index contributed by atoms with van der Waals surface area (Å²) in [6.07, 6.45) is -13.3. The van der Waals surface area contributed by atoms with Crippen LogP contribution in [0.15, 0.2) is 72.8 Å². The predicted octanol–water partition coefficient (Wildman–Crippen LogP) is 5.73. The number of hydrogen-bond donors (Lipinski definition) is 0. The number of thiophene rings is 2. The molecule has 2 aromatic carbocycles. The lowest BCUT2D eigenvalue weighted by molar-refractivity contribution is -0.288. The summed E-state index contributed by atoms with van der Waals surface area (Å²) >= 11 is 3.11. The molecule has 70 heavy (non-hydrogen) atoms. The molecule has 2 aliphatic heterocycles. The maximum absolute atomic E-state index is 12.3. The number of esters is 8. The van der Waals surface area contributed by atoms with Crippen molar-refractivity contribution in [3.8, 4) is 42.1 Å². The van der Waals surface area contributed by atoms with Gasteiger partial charge in [-0.1, -0.05) is 0 Å². The molecule has 4 heterocycles. The third-order valence-electron chi connectivity index (χ3n) is 10.1. The topological polar surface area (TPSA) is 247 Å². The quantitative estimate of drug-likeness (QED) is 0.0904. The van der Waals surface area contributed by atoms with E-state index in [1.54, 1.807) is 46.9 Å². The highest BCUT2D eigenvalue weighted by molar-refractivity contribution is 7.25. The molecule has 2 aromatic heterocycles. The van der Waals surface area contributed by atoms with Gasteiger partial charge in [0.1, 0.15) is 36.9 Å². The van der Waals surface area contributed by atoms with Crippen molar-refractivity contribution in [2.45, 2.75) is 117 Å². The predicted molar refractivity (Wildman–Crippen MR) is 244 cm³/mol. The van der Waals surface area contributed by atoms with Crippen LogP contribution in [0.5, 0.6) is 11.5 Å². The summed E-state index contributed by atoms with van der Waals surface area (Å²) in [6, 6.07) is 22.0. The van der Waals surface area contributed by atoms with E-state index in [1.807, 2.05) is 48.5 Å². The average Bonchev–Trinajstić information content (AvgIpc) is 3.97. The van der Waals surface area contributed by atoms with Crippen molar-refractivity contribution in [3.05, 3.63) is 72.8 Å². The summed E-state index contributed by atoms with van der Waals surface area (Å²) in [7, 11) is 0. The normalized spacial score (nSPS) is 23.9. The Labute approximate surface area is 409 Å². The fraction of sp³-hybridized carbons (Fsp3) is 0.417. The van der Waals surface area contributed by atoms with Crippen LogP contribution in [0.2, 0.25) is 0 Å². The fourth-order valence-electron chi connectivity index (χ4n) is 7.48. The number of carbonyl (C=O) groups is 8. The van der Waals surface area contributed by atoms with Gasteiger partial charge in [-0.25, -0.2) is 0 Å². The standard InChI is InChI=1S/C48H50O20S2/c1-23(49)57-21-35-41(59-25(3)51)43(61-27(5)53)45(63-29(7)55)47(67-35)65-33-13-9-31(10-14-33)37-17-19-39(69-37)40-20-18-38(70-40)32-11-15-34(16-12-32)66-48-46(64-30(8)56)44(62-28(6)54)42(60-26(4)52)36(68-48)22-58-24(2)50/h9-20,35-36,41-48H,21-22H2,1-8H3/t35-,36-,41-,42-,43+,44+,45-,46-,47-,48-/m1/s1. The molecule has 4 aromatic rings. The summed E-state index contributed by atoms with van der Waals surface area (Å²) in [5, 5.41) is 0. The second-order valence-electron chi connectivity index (χ2n) is 15.7. The van der Waals surface area contributed by atoms with Gasteiger partial charge < -0.3 is 56.8 Å². The molecule has 0 unspecified atom stereocenters. The lowest BCUT2D eigenvalue weighted by Crippen LogP contribution is -2.63. The number of carbonyl (C=O) groups excluding carboxylic acids is 8. The van der Waals surface area contributed by atoms with E-state index >= 15 is 0 Å². The van der Waals surface area contributed by atoms with Crippen LogP contribution in [0.3, 0.4) is 0 Å². The molecular weight excluding hydrogens is 961 g/mol. The number of benzene rings is 2. The summed E-state index contributed by atoms with van der Waals surface area (Å²) in [5.41, 5.74) is 1.71. The molecule has 0 amide bonds. The van der Waals surface area contributed by atoms with Crippen LogP contribution >= 0.6 is 22.7 Å². The van der Waals surface area contributed by atoms with Crippen molar-refractivity contribution in [2.75, 3.05) is 13.2 Å². The van der Waals surface area contributed by atoms with E-state index in [0.29, 0.717) is 11.5 Å². The minimum atomic E-state index is -1.39. The highest BCUT2D eigenvalue weighted by atomic mass is 32.1. The highest BCUT2D eigenvalue weighted by Crippen LogP contribution is 2.41. The van der Waals surface area contributed by atoms with Crippen LogP contribution in [0.4, 0.5) is 0 Å². The van der Waals surface area contributed by atoms with E-state index in [4.69, 9.17) is 56.8 Å². The molecule has 10 atom stereocenters. The van der Waals surface area contributed by atoms with Crippen LogP contribution in [0, 0.1) is 0 Å². The summed E-state index contributed by atoms with van der Waals surface area (Å²) in [4.78, 5) is 100. The molecule has 0 aliphatic carbocycles. The number of ether oxygens (including phenoxy) is 12. The van der Waals surface area contributed by atoms with Crippen molar-refractivity contribution in [1.82, 2.24) is 0 Å². The molecule has 2 fully saturated rings. The Morgan fingerprint density at radius 3 is 0.957 bits per heavy atom. The molecule has 6 rings (SSSR count). The van der Waals surface area contributed by atoms with Gasteiger partial charge in [0.25, 0.3) is 0 Å². The molecule has 0 bridgehead atoms. The first kappa shape index (κ1) is 52.5. The number of hydrogen-bond acceptors (Lipinski definition) is 22.